The summed E-state index contributed by atoms with van der Waals surface area (Å²) < 4.78 is 5.30. The van der Waals surface area contributed by atoms with Gasteiger partial charge in [0.05, 0.1) is 19.0 Å². The van der Waals surface area contributed by atoms with E-state index in [1.807, 2.05) is 0 Å². The fourth-order valence-electron chi connectivity index (χ4n) is 0.989. The van der Waals surface area contributed by atoms with Gasteiger partial charge in [-0.1, -0.05) is 0 Å². The van der Waals surface area contributed by atoms with Crippen molar-refractivity contribution in [3.05, 3.63) is 18.1 Å². The molecule has 0 aromatic carbocycles. The van der Waals surface area contributed by atoms with Crippen molar-refractivity contribution in [3.63, 3.8) is 0 Å². The topological polar surface area (TPSA) is 72.3 Å². The van der Waals surface area contributed by atoms with E-state index < -0.39 is 5.97 Å². The summed E-state index contributed by atoms with van der Waals surface area (Å²) in [6.07, 6.45) is 4.96. The molecule has 0 unspecified atom stereocenters. The van der Waals surface area contributed by atoms with Gasteiger partial charge >= 0.3 is 5.97 Å². The molecule has 1 aliphatic carbocycles. The van der Waals surface area contributed by atoms with E-state index in [2.05, 4.69) is 9.97 Å². The third kappa shape index (κ3) is 2.18. The van der Waals surface area contributed by atoms with Gasteiger partial charge in [0.25, 0.3) is 0 Å². The second-order valence-electron chi connectivity index (χ2n) is 3.30. The Kier molecular flexibility index (Phi) is 2.30. The molecule has 5 nitrogen and oxygen atoms in total. The molecule has 0 saturated heterocycles. The number of ether oxygens (including phenoxy) is 1. The Hall–Kier alpha value is -1.65. The van der Waals surface area contributed by atoms with Crippen LogP contribution in [0.25, 0.3) is 0 Å². The third-order valence-electron chi connectivity index (χ3n) is 2.01. The predicted octanol–water partition coefficient (Wildman–Crippen LogP) is 0.964. The van der Waals surface area contributed by atoms with Crippen molar-refractivity contribution in [2.45, 2.75) is 12.8 Å². The van der Waals surface area contributed by atoms with Crippen molar-refractivity contribution in [2.75, 3.05) is 6.61 Å². The molecule has 0 spiro atoms. The summed E-state index contributed by atoms with van der Waals surface area (Å²) in [5.74, 6) is -0.0379. The summed E-state index contributed by atoms with van der Waals surface area (Å²) >= 11 is 0. The molecule has 1 N–H and O–H groups in total. The zero-order valence-corrected chi connectivity index (χ0v) is 7.51. The van der Waals surface area contributed by atoms with Crippen LogP contribution in [0.3, 0.4) is 0 Å². The van der Waals surface area contributed by atoms with Gasteiger partial charge in [-0.2, -0.15) is 0 Å². The highest BCUT2D eigenvalue weighted by atomic mass is 16.5. The molecule has 0 amide bonds. The zero-order chi connectivity index (χ0) is 9.97. The Morgan fingerprint density at radius 3 is 2.79 bits per heavy atom. The van der Waals surface area contributed by atoms with Crippen LogP contribution in [-0.4, -0.2) is 27.7 Å². The first-order valence-electron chi connectivity index (χ1n) is 4.44. The number of carbonyl (C=O) groups is 1. The first-order valence-corrected chi connectivity index (χ1v) is 4.44. The Morgan fingerprint density at radius 1 is 1.50 bits per heavy atom. The summed E-state index contributed by atoms with van der Waals surface area (Å²) in [4.78, 5) is 18.0. The molecule has 1 aromatic rings. The van der Waals surface area contributed by atoms with Gasteiger partial charge in [-0.25, -0.2) is 14.8 Å². The minimum atomic E-state index is -1.08. The Bertz CT molecular complexity index is 332. The third-order valence-corrected chi connectivity index (χ3v) is 2.01. The van der Waals surface area contributed by atoms with Gasteiger partial charge in [0.15, 0.2) is 5.69 Å². The number of carboxylic acids is 1. The maximum absolute atomic E-state index is 10.4. The molecule has 14 heavy (non-hydrogen) atoms. The largest absolute Gasteiger partial charge is 0.476 e. The molecule has 1 saturated carbocycles. The minimum absolute atomic E-state index is 0.0660. The van der Waals surface area contributed by atoms with Crippen LogP contribution >= 0.6 is 0 Å². The molecular formula is C9H10N2O3. The molecule has 5 heteroatoms. The van der Waals surface area contributed by atoms with Crippen molar-refractivity contribution in [1.29, 1.82) is 0 Å². The van der Waals surface area contributed by atoms with Crippen molar-refractivity contribution in [1.82, 2.24) is 9.97 Å². The number of aromatic carboxylic acids is 1. The number of rotatable bonds is 4. The van der Waals surface area contributed by atoms with E-state index in [-0.39, 0.29) is 5.69 Å². The van der Waals surface area contributed by atoms with Crippen LogP contribution in [0.2, 0.25) is 0 Å². The fraction of sp³-hybridized carbons (Fsp3) is 0.444. The molecule has 0 atom stereocenters. The van der Waals surface area contributed by atoms with E-state index in [4.69, 9.17) is 9.84 Å². The van der Waals surface area contributed by atoms with Gasteiger partial charge < -0.3 is 9.84 Å². The summed E-state index contributed by atoms with van der Waals surface area (Å²) in [5, 5.41) is 8.56. The van der Waals surface area contributed by atoms with E-state index in [0.717, 1.165) is 0 Å². The first-order chi connectivity index (χ1) is 6.75. The highest BCUT2D eigenvalue weighted by molar-refractivity contribution is 5.84. The second-order valence-corrected chi connectivity index (χ2v) is 3.30. The maximum atomic E-state index is 10.4. The molecule has 1 aromatic heterocycles. The molecule has 1 heterocycles. The van der Waals surface area contributed by atoms with Crippen LogP contribution < -0.4 is 4.74 Å². The Morgan fingerprint density at radius 2 is 2.29 bits per heavy atom. The fourth-order valence-corrected chi connectivity index (χ4v) is 0.989. The summed E-state index contributed by atoms with van der Waals surface area (Å²) in [6.45, 7) is 0.654. The number of carboxylic acid groups (broad SMARTS) is 1. The van der Waals surface area contributed by atoms with Crippen LogP contribution in [0.4, 0.5) is 0 Å². The standard InChI is InChI=1S/C9H10N2O3/c12-9(13)7-3-11-8(4-10-7)14-5-6-1-2-6/h3-4,6H,1-2,5H2,(H,12,13). The smallest absolute Gasteiger partial charge is 0.356 e. The molecule has 2 rings (SSSR count). The van der Waals surface area contributed by atoms with E-state index in [9.17, 15) is 4.79 Å². The summed E-state index contributed by atoms with van der Waals surface area (Å²) in [5.41, 5.74) is -0.0660. The maximum Gasteiger partial charge on any atom is 0.356 e. The predicted molar refractivity (Wildman–Crippen MR) is 47.2 cm³/mol. The van der Waals surface area contributed by atoms with Gasteiger partial charge in [0, 0.05) is 0 Å². The zero-order valence-electron chi connectivity index (χ0n) is 7.51. The highest BCUT2D eigenvalue weighted by Gasteiger charge is 2.22. The first kappa shape index (κ1) is 8.93. The van der Waals surface area contributed by atoms with Crippen LogP contribution in [0.5, 0.6) is 5.88 Å². The van der Waals surface area contributed by atoms with Crippen molar-refractivity contribution in [2.24, 2.45) is 5.92 Å². The van der Waals surface area contributed by atoms with Crippen LogP contribution in [-0.2, 0) is 0 Å². The molecule has 74 valence electrons. The van der Waals surface area contributed by atoms with E-state index in [1.165, 1.54) is 25.2 Å². The molecule has 0 radical (unpaired) electrons. The monoisotopic (exact) mass is 194 g/mol. The number of nitrogens with zero attached hydrogens (tertiary/aromatic N) is 2. The average Bonchev–Trinajstić information content (AvgIpc) is 2.99. The average molecular weight is 194 g/mol. The lowest BCUT2D eigenvalue weighted by Crippen LogP contribution is -2.04. The Balaban J connectivity index is 1.94. The normalized spacial score (nSPS) is 15.1. The highest BCUT2D eigenvalue weighted by Crippen LogP contribution is 2.28. The summed E-state index contributed by atoms with van der Waals surface area (Å²) in [7, 11) is 0. The quantitative estimate of drug-likeness (QED) is 0.772. The van der Waals surface area contributed by atoms with Gasteiger partial charge in [-0.15, -0.1) is 0 Å². The lowest BCUT2D eigenvalue weighted by Gasteiger charge is -2.02. The molecule has 0 bridgehead atoms. The molecule has 1 aliphatic rings. The number of hydrogen-bond donors (Lipinski definition) is 1. The molecule has 0 aliphatic heterocycles. The van der Waals surface area contributed by atoms with Crippen molar-refractivity contribution < 1.29 is 14.6 Å². The van der Waals surface area contributed by atoms with Crippen LogP contribution in [0, 0.1) is 5.92 Å². The van der Waals surface area contributed by atoms with Crippen molar-refractivity contribution >= 4 is 5.97 Å². The van der Waals surface area contributed by atoms with Gasteiger partial charge in [0.2, 0.25) is 5.88 Å². The van der Waals surface area contributed by atoms with Gasteiger partial charge in [0.1, 0.15) is 0 Å². The van der Waals surface area contributed by atoms with E-state index in [1.54, 1.807) is 0 Å². The van der Waals surface area contributed by atoms with E-state index in [0.29, 0.717) is 18.4 Å². The van der Waals surface area contributed by atoms with Gasteiger partial charge in [-0.05, 0) is 18.8 Å². The number of hydrogen-bond acceptors (Lipinski definition) is 4. The van der Waals surface area contributed by atoms with Crippen LogP contribution in [0.15, 0.2) is 12.4 Å². The lowest BCUT2D eigenvalue weighted by atomic mass is 10.4. The second kappa shape index (κ2) is 3.61. The van der Waals surface area contributed by atoms with Crippen LogP contribution in [0.1, 0.15) is 23.3 Å². The number of aromatic nitrogens is 2. The Labute approximate surface area is 80.8 Å². The molecule has 1 fully saturated rings. The van der Waals surface area contributed by atoms with Gasteiger partial charge in [-0.3, -0.25) is 0 Å². The lowest BCUT2D eigenvalue weighted by molar-refractivity contribution is 0.0689. The van der Waals surface area contributed by atoms with E-state index >= 15 is 0 Å². The SMILES string of the molecule is O=C(O)c1cnc(OCC2CC2)cn1. The minimum Gasteiger partial charge on any atom is -0.476 e. The molecular weight excluding hydrogens is 184 g/mol. The van der Waals surface area contributed by atoms with Crippen molar-refractivity contribution in [3.8, 4) is 5.88 Å². The summed E-state index contributed by atoms with van der Waals surface area (Å²) in [6, 6.07) is 0.